The molecule has 0 saturated carbocycles. The molecule has 2 rings (SSSR count). The molecule has 114 valence electrons. The second kappa shape index (κ2) is 6.02. The molecule has 0 aromatic heterocycles. The SMILES string of the molecule is CC1(C)CCCN(C(=O)c2ccc([N+](=O)[O-])c(Cl)c2)CC1. The summed E-state index contributed by atoms with van der Waals surface area (Å²) in [7, 11) is 0. The maximum atomic E-state index is 12.5. The first-order valence-corrected chi connectivity index (χ1v) is 7.41. The van der Waals surface area contributed by atoms with Gasteiger partial charge in [-0.05, 0) is 36.8 Å². The molecule has 0 unspecified atom stereocenters. The predicted molar refractivity (Wildman–Crippen MR) is 81.6 cm³/mol. The van der Waals surface area contributed by atoms with E-state index in [1.54, 1.807) is 0 Å². The molecule has 1 aromatic rings. The lowest BCUT2D eigenvalue weighted by molar-refractivity contribution is -0.384. The zero-order chi connectivity index (χ0) is 15.6. The third-order valence-corrected chi connectivity index (χ3v) is 4.32. The minimum absolute atomic E-state index is 0.000928. The topological polar surface area (TPSA) is 63.5 Å². The van der Waals surface area contributed by atoms with Crippen molar-refractivity contribution in [1.29, 1.82) is 0 Å². The highest BCUT2D eigenvalue weighted by Crippen LogP contribution is 2.31. The highest BCUT2D eigenvalue weighted by molar-refractivity contribution is 6.33. The number of halogens is 1. The van der Waals surface area contributed by atoms with Crippen molar-refractivity contribution in [3.05, 3.63) is 38.9 Å². The van der Waals surface area contributed by atoms with Crippen LogP contribution in [-0.2, 0) is 0 Å². The molecule has 1 aromatic carbocycles. The van der Waals surface area contributed by atoms with Crippen LogP contribution in [0.25, 0.3) is 0 Å². The van der Waals surface area contributed by atoms with Crippen molar-refractivity contribution in [2.75, 3.05) is 13.1 Å². The molecule has 1 heterocycles. The summed E-state index contributed by atoms with van der Waals surface area (Å²) in [5.74, 6) is -0.107. The van der Waals surface area contributed by atoms with Gasteiger partial charge >= 0.3 is 0 Å². The van der Waals surface area contributed by atoms with Gasteiger partial charge in [-0.1, -0.05) is 25.4 Å². The molecular formula is C15H19ClN2O3. The first kappa shape index (κ1) is 15.8. The van der Waals surface area contributed by atoms with Gasteiger partial charge in [0.1, 0.15) is 5.02 Å². The minimum atomic E-state index is -0.551. The van der Waals surface area contributed by atoms with E-state index in [4.69, 9.17) is 11.6 Å². The van der Waals surface area contributed by atoms with Gasteiger partial charge in [-0.3, -0.25) is 14.9 Å². The summed E-state index contributed by atoms with van der Waals surface area (Å²) in [6.45, 7) is 5.85. The lowest BCUT2D eigenvalue weighted by Gasteiger charge is -2.23. The van der Waals surface area contributed by atoms with Gasteiger partial charge in [0.2, 0.25) is 0 Å². The Morgan fingerprint density at radius 2 is 2.05 bits per heavy atom. The fraction of sp³-hybridized carbons (Fsp3) is 0.533. The fourth-order valence-corrected chi connectivity index (χ4v) is 2.85. The summed E-state index contributed by atoms with van der Waals surface area (Å²) in [6.07, 6.45) is 3.02. The number of amides is 1. The Balaban J connectivity index is 2.16. The Labute approximate surface area is 129 Å². The van der Waals surface area contributed by atoms with Gasteiger partial charge in [-0.2, -0.15) is 0 Å². The number of nitrogens with zero attached hydrogens (tertiary/aromatic N) is 2. The molecule has 21 heavy (non-hydrogen) atoms. The fourth-order valence-electron chi connectivity index (χ4n) is 2.60. The molecule has 0 radical (unpaired) electrons. The quantitative estimate of drug-likeness (QED) is 0.614. The van der Waals surface area contributed by atoms with Gasteiger partial charge in [-0.25, -0.2) is 0 Å². The van der Waals surface area contributed by atoms with E-state index < -0.39 is 4.92 Å². The van der Waals surface area contributed by atoms with E-state index in [1.165, 1.54) is 18.2 Å². The van der Waals surface area contributed by atoms with Crippen LogP contribution in [-0.4, -0.2) is 28.8 Å². The Bertz CT molecular complexity index is 572. The van der Waals surface area contributed by atoms with Crippen LogP contribution in [0.15, 0.2) is 18.2 Å². The largest absolute Gasteiger partial charge is 0.339 e. The molecule has 0 bridgehead atoms. The lowest BCUT2D eigenvalue weighted by Crippen LogP contribution is -2.32. The number of likely N-dealkylation sites (tertiary alicyclic amines) is 1. The standard InChI is InChI=1S/C15H19ClN2O3/c1-15(2)6-3-8-17(9-7-15)14(19)11-4-5-13(18(20)21)12(16)10-11/h4-5,10H,3,6-9H2,1-2H3. The molecule has 1 aliphatic heterocycles. The Morgan fingerprint density at radius 3 is 2.67 bits per heavy atom. The van der Waals surface area contributed by atoms with Crippen molar-refractivity contribution in [3.8, 4) is 0 Å². The average molecular weight is 311 g/mol. The van der Waals surface area contributed by atoms with Crippen LogP contribution in [0, 0.1) is 15.5 Å². The van der Waals surface area contributed by atoms with Crippen molar-refractivity contribution < 1.29 is 9.72 Å². The monoisotopic (exact) mass is 310 g/mol. The first-order valence-electron chi connectivity index (χ1n) is 7.03. The van der Waals surface area contributed by atoms with E-state index in [0.717, 1.165) is 25.8 Å². The summed E-state index contributed by atoms with van der Waals surface area (Å²) >= 11 is 5.87. The number of hydrogen-bond acceptors (Lipinski definition) is 3. The number of nitro benzene ring substituents is 1. The highest BCUT2D eigenvalue weighted by Gasteiger charge is 2.26. The molecule has 1 amide bonds. The van der Waals surface area contributed by atoms with E-state index in [9.17, 15) is 14.9 Å². The summed E-state index contributed by atoms with van der Waals surface area (Å²) in [6, 6.07) is 4.15. The Morgan fingerprint density at radius 1 is 1.33 bits per heavy atom. The number of carbonyl (C=O) groups excluding carboxylic acids is 1. The lowest BCUT2D eigenvalue weighted by atomic mass is 9.85. The summed E-state index contributed by atoms with van der Waals surface area (Å²) in [5, 5.41) is 10.7. The van der Waals surface area contributed by atoms with Gasteiger partial charge in [0, 0.05) is 24.7 Å². The molecule has 0 spiro atoms. The van der Waals surface area contributed by atoms with Crippen molar-refractivity contribution >= 4 is 23.2 Å². The zero-order valence-corrected chi connectivity index (χ0v) is 13.0. The number of benzene rings is 1. The molecule has 0 atom stereocenters. The molecule has 0 N–H and O–H groups in total. The molecule has 1 saturated heterocycles. The maximum Gasteiger partial charge on any atom is 0.287 e. The summed E-state index contributed by atoms with van der Waals surface area (Å²) in [5.41, 5.74) is 0.484. The summed E-state index contributed by atoms with van der Waals surface area (Å²) < 4.78 is 0. The van der Waals surface area contributed by atoms with Crippen LogP contribution in [0.5, 0.6) is 0 Å². The molecule has 1 fully saturated rings. The number of rotatable bonds is 2. The number of nitro groups is 1. The Hall–Kier alpha value is -1.62. The van der Waals surface area contributed by atoms with E-state index in [-0.39, 0.29) is 22.0 Å². The second-order valence-corrected chi connectivity index (χ2v) is 6.64. The van der Waals surface area contributed by atoms with Crippen LogP contribution in [0.3, 0.4) is 0 Å². The molecule has 5 nitrogen and oxygen atoms in total. The van der Waals surface area contributed by atoms with Crippen LogP contribution < -0.4 is 0 Å². The molecule has 0 aliphatic carbocycles. The van der Waals surface area contributed by atoms with Gasteiger partial charge in [0.05, 0.1) is 4.92 Å². The first-order chi connectivity index (χ1) is 9.80. The summed E-state index contributed by atoms with van der Waals surface area (Å²) in [4.78, 5) is 24.5. The third kappa shape index (κ3) is 3.73. The third-order valence-electron chi connectivity index (χ3n) is 4.02. The van der Waals surface area contributed by atoms with Gasteiger partial charge in [-0.15, -0.1) is 0 Å². The number of hydrogen-bond donors (Lipinski definition) is 0. The van der Waals surface area contributed by atoms with Crippen LogP contribution in [0.1, 0.15) is 43.5 Å². The van der Waals surface area contributed by atoms with Crippen LogP contribution >= 0.6 is 11.6 Å². The average Bonchev–Trinajstić information content (AvgIpc) is 2.58. The highest BCUT2D eigenvalue weighted by atomic mass is 35.5. The van der Waals surface area contributed by atoms with E-state index in [1.807, 2.05) is 4.90 Å². The number of carbonyl (C=O) groups is 1. The van der Waals surface area contributed by atoms with Crippen molar-refractivity contribution in [3.63, 3.8) is 0 Å². The molecule has 6 heteroatoms. The van der Waals surface area contributed by atoms with Crippen molar-refractivity contribution in [2.45, 2.75) is 33.1 Å². The van der Waals surface area contributed by atoms with Crippen molar-refractivity contribution in [1.82, 2.24) is 4.90 Å². The van der Waals surface area contributed by atoms with Gasteiger partial charge in [0.25, 0.3) is 11.6 Å². The molecular weight excluding hydrogens is 292 g/mol. The van der Waals surface area contributed by atoms with E-state index in [2.05, 4.69) is 13.8 Å². The molecule has 1 aliphatic rings. The van der Waals surface area contributed by atoms with Gasteiger partial charge < -0.3 is 4.90 Å². The van der Waals surface area contributed by atoms with E-state index >= 15 is 0 Å². The zero-order valence-electron chi connectivity index (χ0n) is 12.3. The Kier molecular flexibility index (Phi) is 4.52. The van der Waals surface area contributed by atoms with Crippen LogP contribution in [0.2, 0.25) is 5.02 Å². The predicted octanol–water partition coefficient (Wildman–Crippen LogP) is 3.90. The second-order valence-electron chi connectivity index (χ2n) is 6.23. The van der Waals surface area contributed by atoms with Crippen molar-refractivity contribution in [2.24, 2.45) is 5.41 Å². The minimum Gasteiger partial charge on any atom is -0.339 e. The normalized spacial score (nSPS) is 18.1. The smallest absolute Gasteiger partial charge is 0.287 e. The van der Waals surface area contributed by atoms with Gasteiger partial charge in [0.15, 0.2) is 0 Å². The van der Waals surface area contributed by atoms with Crippen LogP contribution in [0.4, 0.5) is 5.69 Å². The van der Waals surface area contributed by atoms with E-state index in [0.29, 0.717) is 12.1 Å². The maximum absolute atomic E-state index is 12.5.